The second kappa shape index (κ2) is 11.3. The molecule has 8 nitrogen and oxygen atoms in total. The van der Waals surface area contributed by atoms with E-state index < -0.39 is 18.1 Å². The monoisotopic (exact) mass is 573 g/mol. The molecule has 218 valence electrons. The van der Waals surface area contributed by atoms with Gasteiger partial charge in [-0.25, -0.2) is 18.7 Å². The fraction of sp³-hybridized carbons (Fsp3) is 0.406. The number of ether oxygens (including phenoxy) is 1. The van der Waals surface area contributed by atoms with Crippen LogP contribution in [0.3, 0.4) is 0 Å². The first-order chi connectivity index (χ1) is 20.3. The van der Waals surface area contributed by atoms with Crippen LogP contribution < -0.4 is 9.64 Å². The number of anilines is 1. The largest absolute Gasteiger partial charge is 0.508 e. The molecule has 7 rings (SSSR count). The highest BCUT2D eigenvalue weighted by molar-refractivity contribution is 6.03. The molecule has 4 unspecified atom stereocenters. The number of rotatable bonds is 3. The minimum atomic E-state index is -0.529. The van der Waals surface area contributed by atoms with Crippen LogP contribution in [0.2, 0.25) is 0 Å². The zero-order chi connectivity index (χ0) is 29.5. The number of aromatic nitrogens is 3. The molecule has 0 spiro atoms. The topological polar surface area (TPSA) is 94.8 Å². The summed E-state index contributed by atoms with van der Waals surface area (Å²) in [5.41, 5.74) is 1.59. The SMILES string of the molecule is C#Cc1c(F)ccc2cc(O)cc(-c3cc4nc(OC)ncc4c(N4CCC(O)C4C)n3)c12.FC1CC2CCCN2C1. The van der Waals surface area contributed by atoms with Crippen molar-refractivity contribution in [2.45, 2.75) is 57.0 Å². The number of nitrogens with zero attached hydrogens (tertiary/aromatic N) is 5. The molecule has 42 heavy (non-hydrogen) atoms. The molecular formula is C32H33F2N5O3. The van der Waals surface area contributed by atoms with Crippen LogP contribution in [0.15, 0.2) is 36.5 Å². The Hall–Kier alpha value is -4.07. The minimum absolute atomic E-state index is 0.000701. The maximum absolute atomic E-state index is 14.6. The lowest BCUT2D eigenvalue weighted by Gasteiger charge is -2.25. The predicted molar refractivity (Wildman–Crippen MR) is 158 cm³/mol. The third kappa shape index (κ3) is 5.08. The van der Waals surface area contributed by atoms with E-state index in [0.29, 0.717) is 64.3 Å². The van der Waals surface area contributed by atoms with Crippen LogP contribution in [-0.2, 0) is 0 Å². The summed E-state index contributed by atoms with van der Waals surface area (Å²) in [5.74, 6) is 2.49. The number of methoxy groups -OCH3 is 1. The summed E-state index contributed by atoms with van der Waals surface area (Å²) >= 11 is 0. The van der Waals surface area contributed by atoms with E-state index in [1.807, 2.05) is 11.8 Å². The number of terminal acetylenes is 1. The Bertz CT molecular complexity index is 1680. The van der Waals surface area contributed by atoms with Gasteiger partial charge in [-0.05, 0) is 68.8 Å². The van der Waals surface area contributed by atoms with Gasteiger partial charge in [0.1, 0.15) is 23.6 Å². The number of halogens is 2. The number of alkyl halides is 1. The summed E-state index contributed by atoms with van der Waals surface area (Å²) in [5, 5.41) is 22.5. The molecule has 0 saturated carbocycles. The summed E-state index contributed by atoms with van der Waals surface area (Å²) in [7, 11) is 1.48. The predicted octanol–water partition coefficient (Wildman–Crippen LogP) is 4.83. The Labute approximate surface area is 243 Å². The van der Waals surface area contributed by atoms with Gasteiger partial charge in [0, 0.05) is 36.3 Å². The highest BCUT2D eigenvalue weighted by atomic mass is 19.1. The van der Waals surface area contributed by atoms with Crippen molar-refractivity contribution in [2.75, 3.05) is 31.6 Å². The van der Waals surface area contributed by atoms with Crippen molar-refractivity contribution in [3.63, 3.8) is 0 Å². The molecule has 4 aromatic rings. The molecule has 4 atom stereocenters. The number of benzene rings is 2. The number of aliphatic hydroxyl groups is 1. The molecule has 3 aliphatic rings. The van der Waals surface area contributed by atoms with E-state index in [4.69, 9.17) is 16.1 Å². The molecule has 10 heteroatoms. The van der Waals surface area contributed by atoms with Gasteiger partial charge in [0.2, 0.25) is 0 Å². The van der Waals surface area contributed by atoms with Gasteiger partial charge >= 0.3 is 6.01 Å². The zero-order valence-corrected chi connectivity index (χ0v) is 23.6. The summed E-state index contributed by atoms with van der Waals surface area (Å²) < 4.78 is 32.4. The Morgan fingerprint density at radius 3 is 2.69 bits per heavy atom. The summed E-state index contributed by atoms with van der Waals surface area (Å²) in [6, 6.07) is 8.27. The van der Waals surface area contributed by atoms with Crippen molar-refractivity contribution < 1.29 is 23.7 Å². The Morgan fingerprint density at radius 2 is 1.98 bits per heavy atom. The quantitative estimate of drug-likeness (QED) is 0.337. The van der Waals surface area contributed by atoms with E-state index in [2.05, 4.69) is 20.8 Å². The Kier molecular flexibility index (Phi) is 7.56. The van der Waals surface area contributed by atoms with Crippen molar-refractivity contribution in [1.29, 1.82) is 0 Å². The number of fused-ring (bicyclic) bond motifs is 3. The fourth-order valence-electron chi connectivity index (χ4n) is 6.47. The normalized spacial score (nSPS) is 23.6. The minimum Gasteiger partial charge on any atom is -0.508 e. The van der Waals surface area contributed by atoms with E-state index in [-0.39, 0.29) is 23.4 Å². The average Bonchev–Trinajstić information content (AvgIpc) is 3.67. The lowest BCUT2D eigenvalue weighted by Crippen LogP contribution is -2.33. The van der Waals surface area contributed by atoms with Crippen LogP contribution in [-0.4, -0.2) is 81.2 Å². The third-order valence-electron chi connectivity index (χ3n) is 8.64. The molecule has 0 bridgehead atoms. The number of pyridine rings is 1. The lowest BCUT2D eigenvalue weighted by molar-refractivity contribution is 0.170. The van der Waals surface area contributed by atoms with Gasteiger partial charge < -0.3 is 19.8 Å². The van der Waals surface area contributed by atoms with E-state index in [1.165, 1.54) is 38.2 Å². The van der Waals surface area contributed by atoms with Gasteiger partial charge in [0.05, 0.1) is 41.4 Å². The van der Waals surface area contributed by atoms with Crippen molar-refractivity contribution in [3.8, 4) is 35.4 Å². The summed E-state index contributed by atoms with van der Waals surface area (Å²) in [6.45, 7) is 4.39. The number of phenolic OH excluding ortho intramolecular Hbond substituents is 1. The molecule has 2 aromatic carbocycles. The maximum Gasteiger partial charge on any atom is 0.316 e. The van der Waals surface area contributed by atoms with Crippen LogP contribution in [0.25, 0.3) is 32.9 Å². The summed E-state index contributed by atoms with van der Waals surface area (Å²) in [6.07, 6.45) is 10.2. The molecule has 5 heterocycles. The zero-order valence-electron chi connectivity index (χ0n) is 23.6. The van der Waals surface area contributed by atoms with Crippen molar-refractivity contribution >= 4 is 27.5 Å². The molecule has 3 fully saturated rings. The van der Waals surface area contributed by atoms with Gasteiger partial charge in [-0.1, -0.05) is 12.0 Å². The first kappa shape index (κ1) is 28.1. The van der Waals surface area contributed by atoms with Gasteiger partial charge in [-0.15, -0.1) is 6.42 Å². The van der Waals surface area contributed by atoms with Crippen molar-refractivity contribution in [2.24, 2.45) is 0 Å². The Morgan fingerprint density at radius 1 is 1.14 bits per heavy atom. The van der Waals surface area contributed by atoms with E-state index in [0.717, 1.165) is 13.0 Å². The highest BCUT2D eigenvalue weighted by Crippen LogP contribution is 2.39. The fourth-order valence-corrected chi connectivity index (χ4v) is 6.47. The summed E-state index contributed by atoms with van der Waals surface area (Å²) in [4.78, 5) is 17.9. The van der Waals surface area contributed by atoms with Gasteiger partial charge in [-0.3, -0.25) is 4.90 Å². The van der Waals surface area contributed by atoms with Crippen LogP contribution in [0.4, 0.5) is 14.6 Å². The van der Waals surface area contributed by atoms with E-state index >= 15 is 0 Å². The van der Waals surface area contributed by atoms with E-state index in [9.17, 15) is 19.0 Å². The molecule has 3 saturated heterocycles. The molecule has 2 aromatic heterocycles. The first-order valence-electron chi connectivity index (χ1n) is 14.2. The molecule has 0 amide bonds. The molecule has 3 aliphatic heterocycles. The molecule has 0 aliphatic carbocycles. The number of hydrogen-bond donors (Lipinski definition) is 2. The van der Waals surface area contributed by atoms with Crippen LogP contribution >= 0.6 is 0 Å². The van der Waals surface area contributed by atoms with Crippen LogP contribution in [0.5, 0.6) is 11.8 Å². The maximum atomic E-state index is 14.6. The number of aromatic hydroxyl groups is 1. The molecule has 2 N–H and O–H groups in total. The Balaban J connectivity index is 0.000000296. The van der Waals surface area contributed by atoms with Gasteiger partial charge in [0.15, 0.2) is 0 Å². The van der Waals surface area contributed by atoms with Gasteiger partial charge in [0.25, 0.3) is 0 Å². The number of aliphatic hydroxyl groups excluding tert-OH is 1. The molecular weight excluding hydrogens is 540 g/mol. The smallest absolute Gasteiger partial charge is 0.316 e. The lowest BCUT2D eigenvalue weighted by atomic mass is 9.96. The molecule has 0 radical (unpaired) electrons. The number of hydrogen-bond acceptors (Lipinski definition) is 8. The van der Waals surface area contributed by atoms with Crippen molar-refractivity contribution in [1.82, 2.24) is 19.9 Å². The first-order valence-corrected chi connectivity index (χ1v) is 14.2. The standard InChI is InChI=1S/C25H21FN4O3.C7H12FN/c1-4-16-19(26)6-5-14-9-15(31)10-17(23(14)16)20-11-21-18(12-27-25(29-21)33-3)24(28-20)30-8-7-22(32)13(30)2;8-6-4-7-2-1-3-9(7)5-6/h1,5-6,9-13,22,31-32H,7-8H2,2-3H3;6-7H,1-5H2. The van der Waals surface area contributed by atoms with E-state index in [1.54, 1.807) is 18.3 Å². The highest BCUT2D eigenvalue weighted by Gasteiger charge is 2.35. The third-order valence-corrected chi connectivity index (χ3v) is 8.64. The second-order valence-electron chi connectivity index (χ2n) is 11.2. The second-order valence-corrected chi connectivity index (χ2v) is 11.2. The van der Waals surface area contributed by atoms with Gasteiger partial charge in [-0.2, -0.15) is 4.98 Å². The van der Waals surface area contributed by atoms with Crippen LogP contribution in [0.1, 0.15) is 38.2 Å². The average molecular weight is 574 g/mol. The van der Waals surface area contributed by atoms with Crippen LogP contribution in [0, 0.1) is 18.2 Å². The van der Waals surface area contributed by atoms with Crippen molar-refractivity contribution in [3.05, 3.63) is 47.9 Å². The number of phenols is 1.